The van der Waals surface area contributed by atoms with Crippen LogP contribution < -0.4 is 0 Å². The molecular weight excluding hydrogens is 312 g/mol. The van der Waals surface area contributed by atoms with E-state index in [0.29, 0.717) is 10.6 Å². The van der Waals surface area contributed by atoms with Crippen molar-refractivity contribution in [2.45, 2.75) is 25.4 Å². The van der Waals surface area contributed by atoms with Crippen molar-refractivity contribution in [3.05, 3.63) is 33.8 Å². The molecule has 0 atom stereocenters. The van der Waals surface area contributed by atoms with Gasteiger partial charge in [-0.3, -0.25) is 0 Å². The maximum atomic E-state index is 12.3. The van der Waals surface area contributed by atoms with Crippen LogP contribution in [0.5, 0.6) is 0 Å². The highest BCUT2D eigenvalue weighted by atomic mass is 35.5. The minimum atomic E-state index is -4.41. The van der Waals surface area contributed by atoms with E-state index in [1.54, 1.807) is 12.1 Å². The zero-order valence-corrected chi connectivity index (χ0v) is 11.6. The predicted octanol–water partition coefficient (Wildman–Crippen LogP) is 4.91. The fraction of sp³-hybridized carbons (Fsp3) is 0.385. The van der Waals surface area contributed by atoms with Crippen LogP contribution in [0.25, 0.3) is 0 Å². The van der Waals surface area contributed by atoms with Crippen LogP contribution in [0.1, 0.15) is 18.4 Å². The van der Waals surface area contributed by atoms with E-state index < -0.39 is 24.4 Å². The number of rotatable bonds is 4. The maximum Gasteiger partial charge on any atom is 0.389 e. The third-order valence-electron chi connectivity index (χ3n) is 2.75. The summed E-state index contributed by atoms with van der Waals surface area (Å²) in [6.45, 7) is 0. The Kier molecular flexibility index (Phi) is 5.28. The first-order valence-corrected chi connectivity index (χ1v) is 6.30. The van der Waals surface area contributed by atoms with Crippen molar-refractivity contribution in [3.8, 4) is 12.1 Å². The van der Waals surface area contributed by atoms with Gasteiger partial charge in [0.2, 0.25) is 0 Å². The summed E-state index contributed by atoms with van der Waals surface area (Å²) in [5, 5.41) is 18.6. The molecule has 20 heavy (non-hydrogen) atoms. The number of alkyl halides is 3. The molecule has 0 bridgehead atoms. The van der Waals surface area contributed by atoms with Gasteiger partial charge in [0, 0.05) is 12.8 Å². The summed E-state index contributed by atoms with van der Waals surface area (Å²) >= 11 is 11.5. The zero-order valence-electron chi connectivity index (χ0n) is 10.1. The van der Waals surface area contributed by atoms with Gasteiger partial charge in [0.15, 0.2) is 0 Å². The van der Waals surface area contributed by atoms with E-state index in [0.717, 1.165) is 0 Å². The largest absolute Gasteiger partial charge is 0.389 e. The van der Waals surface area contributed by atoms with Gasteiger partial charge in [-0.15, -0.1) is 0 Å². The third-order valence-corrected chi connectivity index (χ3v) is 3.49. The smallest absolute Gasteiger partial charge is 0.197 e. The molecule has 0 amide bonds. The first-order chi connectivity index (χ1) is 9.21. The molecular formula is C13H9Cl2F3N2. The van der Waals surface area contributed by atoms with Crippen LogP contribution in [-0.2, 0) is 6.42 Å². The van der Waals surface area contributed by atoms with Crippen LogP contribution in [0.2, 0.25) is 10.0 Å². The lowest BCUT2D eigenvalue weighted by Gasteiger charge is -2.19. The van der Waals surface area contributed by atoms with Gasteiger partial charge in [0.25, 0.3) is 0 Å². The molecule has 0 N–H and O–H groups in total. The van der Waals surface area contributed by atoms with Crippen molar-refractivity contribution in [2.75, 3.05) is 0 Å². The summed E-state index contributed by atoms with van der Waals surface area (Å²) in [7, 11) is 0. The molecule has 1 rings (SSSR count). The van der Waals surface area contributed by atoms with Gasteiger partial charge in [-0.1, -0.05) is 29.3 Å². The van der Waals surface area contributed by atoms with Gasteiger partial charge in [-0.05, 0) is 24.1 Å². The van der Waals surface area contributed by atoms with Crippen LogP contribution in [0.3, 0.4) is 0 Å². The quantitative estimate of drug-likeness (QED) is 0.791. The molecule has 0 heterocycles. The first-order valence-electron chi connectivity index (χ1n) is 5.54. The number of nitriles is 2. The van der Waals surface area contributed by atoms with Gasteiger partial charge < -0.3 is 0 Å². The van der Waals surface area contributed by atoms with Gasteiger partial charge in [-0.2, -0.15) is 23.7 Å². The van der Waals surface area contributed by atoms with Gasteiger partial charge >= 0.3 is 6.18 Å². The Balaban J connectivity index is 2.95. The Morgan fingerprint density at radius 1 is 1.00 bits per heavy atom. The average molecular weight is 321 g/mol. The highest BCUT2D eigenvalue weighted by Gasteiger charge is 2.37. The van der Waals surface area contributed by atoms with Gasteiger partial charge in [0.1, 0.15) is 5.41 Å². The minimum Gasteiger partial charge on any atom is -0.197 e. The van der Waals surface area contributed by atoms with Crippen LogP contribution in [0.15, 0.2) is 18.2 Å². The molecule has 106 valence electrons. The molecule has 0 aliphatic rings. The number of nitrogens with zero attached hydrogens (tertiary/aromatic N) is 2. The predicted molar refractivity (Wildman–Crippen MR) is 69.1 cm³/mol. The van der Waals surface area contributed by atoms with Gasteiger partial charge in [0.05, 0.1) is 22.2 Å². The van der Waals surface area contributed by atoms with Crippen molar-refractivity contribution in [1.82, 2.24) is 0 Å². The second kappa shape index (κ2) is 6.35. The molecule has 2 nitrogen and oxygen atoms in total. The third kappa shape index (κ3) is 4.59. The van der Waals surface area contributed by atoms with E-state index in [1.165, 1.54) is 18.2 Å². The second-order valence-electron chi connectivity index (χ2n) is 4.35. The van der Waals surface area contributed by atoms with Gasteiger partial charge in [-0.25, -0.2) is 0 Å². The number of benzene rings is 1. The van der Waals surface area contributed by atoms with E-state index in [1.807, 2.05) is 0 Å². The summed E-state index contributed by atoms with van der Waals surface area (Å²) in [6.07, 6.45) is -6.30. The van der Waals surface area contributed by atoms with Crippen LogP contribution in [0.4, 0.5) is 13.2 Å². The normalized spacial score (nSPS) is 11.8. The van der Waals surface area contributed by atoms with E-state index >= 15 is 0 Å². The molecule has 0 aromatic heterocycles. The lowest BCUT2D eigenvalue weighted by atomic mass is 9.80. The lowest BCUT2D eigenvalue weighted by Crippen LogP contribution is -2.23. The Morgan fingerprint density at radius 3 is 2.05 bits per heavy atom. The first kappa shape index (κ1) is 16.6. The van der Waals surface area contributed by atoms with Crippen molar-refractivity contribution < 1.29 is 13.2 Å². The molecule has 0 fully saturated rings. The highest BCUT2D eigenvalue weighted by Crippen LogP contribution is 2.34. The average Bonchev–Trinajstić information content (AvgIpc) is 2.38. The fourth-order valence-electron chi connectivity index (χ4n) is 1.66. The van der Waals surface area contributed by atoms with E-state index in [9.17, 15) is 13.2 Å². The molecule has 0 aliphatic heterocycles. The molecule has 1 aromatic rings. The van der Waals surface area contributed by atoms with Crippen molar-refractivity contribution >= 4 is 23.2 Å². The zero-order chi connectivity index (χ0) is 15.4. The summed E-state index contributed by atoms with van der Waals surface area (Å²) in [5.74, 6) is 0. The van der Waals surface area contributed by atoms with E-state index in [4.69, 9.17) is 33.7 Å². The van der Waals surface area contributed by atoms with Crippen LogP contribution in [0, 0.1) is 28.1 Å². The number of halogens is 5. The molecule has 0 aliphatic carbocycles. The Labute approximate surface area is 124 Å². The minimum absolute atomic E-state index is 0.132. The van der Waals surface area contributed by atoms with E-state index in [2.05, 4.69) is 0 Å². The fourth-order valence-corrected chi connectivity index (χ4v) is 1.98. The molecule has 0 spiro atoms. The number of hydrogen-bond donors (Lipinski definition) is 0. The molecule has 1 aromatic carbocycles. The summed E-state index contributed by atoms with van der Waals surface area (Å²) in [6, 6.07) is 7.82. The van der Waals surface area contributed by atoms with Crippen molar-refractivity contribution in [3.63, 3.8) is 0 Å². The maximum absolute atomic E-state index is 12.3. The molecule has 7 heteroatoms. The number of hydrogen-bond acceptors (Lipinski definition) is 2. The molecule has 0 saturated carbocycles. The Bertz CT molecular complexity index is 556. The second-order valence-corrected chi connectivity index (χ2v) is 5.16. The summed E-state index contributed by atoms with van der Waals surface area (Å²) in [4.78, 5) is 0. The van der Waals surface area contributed by atoms with Crippen LogP contribution in [-0.4, -0.2) is 6.18 Å². The van der Waals surface area contributed by atoms with Crippen molar-refractivity contribution in [2.24, 2.45) is 5.41 Å². The molecule has 0 unspecified atom stereocenters. The lowest BCUT2D eigenvalue weighted by molar-refractivity contribution is -0.138. The van der Waals surface area contributed by atoms with Crippen LogP contribution >= 0.6 is 23.2 Å². The highest BCUT2D eigenvalue weighted by molar-refractivity contribution is 6.42. The standard InChI is InChI=1S/C13H9Cl2F3N2/c14-10-2-1-9(5-11(10)15)6-12(7-19,8-20)3-4-13(16,17)18/h1-2,5H,3-4,6H2. The molecule has 0 radical (unpaired) electrons. The molecule has 0 saturated heterocycles. The summed E-state index contributed by atoms with van der Waals surface area (Å²) in [5.41, 5.74) is -1.24. The Morgan fingerprint density at radius 2 is 1.60 bits per heavy atom. The summed E-state index contributed by atoms with van der Waals surface area (Å²) < 4.78 is 36.8. The monoisotopic (exact) mass is 320 g/mol. The van der Waals surface area contributed by atoms with E-state index in [-0.39, 0.29) is 11.4 Å². The topological polar surface area (TPSA) is 47.6 Å². The Hall–Kier alpha value is -1.43. The SMILES string of the molecule is N#CC(C#N)(CCC(F)(F)F)Cc1ccc(Cl)c(Cl)c1. The van der Waals surface area contributed by atoms with Crippen molar-refractivity contribution in [1.29, 1.82) is 10.5 Å².